The molecule has 0 spiro atoms. The Morgan fingerprint density at radius 3 is 2.69 bits per heavy atom. The molecule has 0 unspecified atom stereocenters. The molecule has 2 heterocycles. The number of aryl methyl sites for hydroxylation is 3. The predicted molar refractivity (Wildman–Crippen MR) is 107 cm³/mol. The highest BCUT2D eigenvalue weighted by Crippen LogP contribution is 2.21. The highest BCUT2D eigenvalue weighted by Gasteiger charge is 2.16. The van der Waals surface area contributed by atoms with Crippen molar-refractivity contribution >= 4 is 27.3 Å². The number of hydrogen-bond donors (Lipinski definition) is 2. The van der Waals surface area contributed by atoms with Gasteiger partial charge < -0.3 is 5.32 Å². The van der Waals surface area contributed by atoms with E-state index in [4.69, 9.17) is 10.4 Å². The van der Waals surface area contributed by atoms with Gasteiger partial charge in [0.2, 0.25) is 15.9 Å². The van der Waals surface area contributed by atoms with E-state index in [9.17, 15) is 13.2 Å². The number of carbonyl (C=O) groups excluding carboxylic acids is 1. The monoisotopic (exact) mass is 412 g/mol. The summed E-state index contributed by atoms with van der Waals surface area (Å²) in [5, 5.41) is 21.2. The van der Waals surface area contributed by atoms with Gasteiger partial charge in [0.1, 0.15) is 11.6 Å². The number of benzene rings is 1. The summed E-state index contributed by atoms with van der Waals surface area (Å²) in [7, 11) is -3.87. The van der Waals surface area contributed by atoms with Crippen LogP contribution in [0.3, 0.4) is 0 Å². The summed E-state index contributed by atoms with van der Waals surface area (Å²) in [5.74, 6) is -0.272. The number of nitriles is 1. The average Bonchev–Trinajstić information content (AvgIpc) is 3.05. The summed E-state index contributed by atoms with van der Waals surface area (Å²) in [6, 6.07) is 6.62. The fourth-order valence-electron chi connectivity index (χ4n) is 3.20. The third-order valence-corrected chi connectivity index (χ3v) is 5.76. The summed E-state index contributed by atoms with van der Waals surface area (Å²) < 4.78 is 24.9. The van der Waals surface area contributed by atoms with Crippen LogP contribution in [0.5, 0.6) is 0 Å². The van der Waals surface area contributed by atoms with Crippen molar-refractivity contribution in [2.24, 2.45) is 5.14 Å². The van der Waals surface area contributed by atoms with Crippen molar-refractivity contribution in [2.45, 2.75) is 38.5 Å². The lowest BCUT2D eigenvalue weighted by Crippen LogP contribution is -2.16. The van der Waals surface area contributed by atoms with Crippen molar-refractivity contribution in [1.82, 2.24) is 14.6 Å². The molecule has 0 aliphatic rings. The summed E-state index contributed by atoms with van der Waals surface area (Å²) >= 11 is 0. The van der Waals surface area contributed by atoms with Crippen LogP contribution in [-0.4, -0.2) is 28.9 Å². The first kappa shape index (κ1) is 20.4. The van der Waals surface area contributed by atoms with Gasteiger partial charge in [-0.25, -0.2) is 23.1 Å². The van der Waals surface area contributed by atoms with Gasteiger partial charge in [-0.1, -0.05) is 6.07 Å². The number of amides is 1. The van der Waals surface area contributed by atoms with Gasteiger partial charge in [0.05, 0.1) is 11.1 Å². The molecule has 0 bridgehead atoms. The minimum absolute atomic E-state index is 0.0244. The van der Waals surface area contributed by atoms with E-state index in [2.05, 4.69) is 21.5 Å². The number of carbonyl (C=O) groups is 1. The van der Waals surface area contributed by atoms with Crippen molar-refractivity contribution < 1.29 is 13.2 Å². The van der Waals surface area contributed by atoms with Gasteiger partial charge in [0.25, 0.3) is 0 Å². The molecule has 0 saturated carbocycles. The van der Waals surface area contributed by atoms with Crippen LogP contribution in [0.2, 0.25) is 0 Å². The number of nitrogens with zero attached hydrogens (tertiary/aromatic N) is 4. The van der Waals surface area contributed by atoms with E-state index in [1.165, 1.54) is 12.3 Å². The number of anilines is 1. The predicted octanol–water partition coefficient (Wildman–Crippen LogP) is 1.74. The largest absolute Gasteiger partial charge is 0.326 e. The number of sulfonamides is 1. The molecule has 0 fully saturated rings. The molecule has 0 atom stereocenters. The third-order valence-electron chi connectivity index (χ3n) is 4.71. The molecule has 29 heavy (non-hydrogen) atoms. The van der Waals surface area contributed by atoms with E-state index in [0.717, 1.165) is 17.0 Å². The van der Waals surface area contributed by atoms with Crippen LogP contribution in [0.25, 0.3) is 5.65 Å². The minimum atomic E-state index is -3.87. The molecule has 0 aliphatic heterocycles. The lowest BCUT2D eigenvalue weighted by molar-refractivity contribution is -0.116. The van der Waals surface area contributed by atoms with Crippen molar-refractivity contribution in [1.29, 1.82) is 5.26 Å². The first-order valence-electron chi connectivity index (χ1n) is 8.79. The Hall–Kier alpha value is -3.29. The van der Waals surface area contributed by atoms with Gasteiger partial charge in [0.15, 0.2) is 5.65 Å². The molecule has 1 aromatic carbocycles. The Morgan fingerprint density at radius 2 is 2.03 bits per heavy atom. The van der Waals surface area contributed by atoms with Crippen LogP contribution in [0, 0.1) is 32.1 Å². The van der Waals surface area contributed by atoms with Crippen LogP contribution >= 0.6 is 0 Å². The van der Waals surface area contributed by atoms with Crippen LogP contribution in [-0.2, 0) is 21.2 Å². The molecule has 9 nitrogen and oxygen atoms in total. The summed E-state index contributed by atoms with van der Waals surface area (Å²) in [4.78, 5) is 16.8. The molecule has 0 aliphatic carbocycles. The summed E-state index contributed by atoms with van der Waals surface area (Å²) in [5.41, 5.74) is 4.16. The topological polar surface area (TPSA) is 143 Å². The molecule has 3 aromatic rings. The standard InChI is InChI=1S/C19H20N6O3S/c1-11-4-5-15(8-17(11)29(21,27)28)24-18(26)7-6-16-12(2)23-19-14(9-20)10-22-25(19)13(16)3/h4-5,8,10H,6-7H2,1-3H3,(H,24,26)(H2,21,27,28). The SMILES string of the molecule is Cc1ccc(NC(=O)CCc2c(C)nc3c(C#N)cnn3c2C)cc1S(N)(=O)=O. The molecule has 0 radical (unpaired) electrons. The molecular formula is C19H20N6O3S. The maximum absolute atomic E-state index is 12.4. The second-order valence-electron chi connectivity index (χ2n) is 6.74. The van der Waals surface area contributed by atoms with Gasteiger partial charge in [-0.3, -0.25) is 4.79 Å². The zero-order valence-corrected chi connectivity index (χ0v) is 17.0. The van der Waals surface area contributed by atoms with E-state index in [0.29, 0.717) is 28.9 Å². The zero-order chi connectivity index (χ0) is 21.3. The molecule has 1 amide bonds. The molecule has 3 N–H and O–H groups in total. The molecule has 0 saturated heterocycles. The van der Waals surface area contributed by atoms with Crippen molar-refractivity contribution in [3.63, 3.8) is 0 Å². The summed E-state index contributed by atoms with van der Waals surface area (Å²) in [6.07, 6.45) is 2.05. The summed E-state index contributed by atoms with van der Waals surface area (Å²) in [6.45, 7) is 5.32. The van der Waals surface area contributed by atoms with Crippen LogP contribution in [0.1, 0.15) is 34.5 Å². The zero-order valence-electron chi connectivity index (χ0n) is 16.2. The fraction of sp³-hybridized carbons (Fsp3) is 0.263. The van der Waals surface area contributed by atoms with E-state index in [-0.39, 0.29) is 17.2 Å². The van der Waals surface area contributed by atoms with Gasteiger partial charge in [0, 0.05) is 23.5 Å². The average molecular weight is 412 g/mol. The maximum atomic E-state index is 12.4. The molecule has 2 aromatic heterocycles. The Morgan fingerprint density at radius 1 is 1.31 bits per heavy atom. The molecule has 3 rings (SSSR count). The number of nitrogens with one attached hydrogen (secondary N) is 1. The van der Waals surface area contributed by atoms with Gasteiger partial charge >= 0.3 is 0 Å². The Labute approximate surface area is 168 Å². The lowest BCUT2D eigenvalue weighted by Gasteiger charge is -2.12. The molecule has 10 heteroatoms. The fourth-order valence-corrected chi connectivity index (χ4v) is 4.01. The van der Waals surface area contributed by atoms with Gasteiger partial charge in [-0.2, -0.15) is 10.4 Å². The second-order valence-corrected chi connectivity index (χ2v) is 8.27. The molecular weight excluding hydrogens is 392 g/mol. The van der Waals surface area contributed by atoms with Crippen molar-refractivity contribution in [3.8, 4) is 6.07 Å². The van der Waals surface area contributed by atoms with E-state index in [1.807, 2.05) is 13.8 Å². The highest BCUT2D eigenvalue weighted by molar-refractivity contribution is 7.89. The van der Waals surface area contributed by atoms with Crippen molar-refractivity contribution in [2.75, 3.05) is 5.32 Å². The van der Waals surface area contributed by atoms with Crippen LogP contribution in [0.15, 0.2) is 29.3 Å². The quantitative estimate of drug-likeness (QED) is 0.653. The third kappa shape index (κ3) is 4.11. The maximum Gasteiger partial charge on any atom is 0.238 e. The van der Waals surface area contributed by atoms with E-state index >= 15 is 0 Å². The number of primary sulfonamides is 1. The number of fused-ring (bicyclic) bond motifs is 1. The normalized spacial score (nSPS) is 11.4. The first-order chi connectivity index (χ1) is 13.6. The molecule has 150 valence electrons. The minimum Gasteiger partial charge on any atom is -0.326 e. The lowest BCUT2D eigenvalue weighted by atomic mass is 10.1. The van der Waals surface area contributed by atoms with Gasteiger partial charge in [-0.05, 0) is 50.5 Å². The smallest absolute Gasteiger partial charge is 0.238 e. The van der Waals surface area contributed by atoms with Crippen LogP contribution < -0.4 is 10.5 Å². The second kappa shape index (κ2) is 7.62. The number of nitrogens with two attached hydrogens (primary N) is 1. The van der Waals surface area contributed by atoms with Crippen LogP contribution in [0.4, 0.5) is 5.69 Å². The number of rotatable bonds is 5. The number of aromatic nitrogens is 3. The van der Waals surface area contributed by atoms with Gasteiger partial charge in [-0.15, -0.1) is 0 Å². The van der Waals surface area contributed by atoms with E-state index in [1.54, 1.807) is 23.6 Å². The Balaban J connectivity index is 1.77. The van der Waals surface area contributed by atoms with Crippen molar-refractivity contribution in [3.05, 3.63) is 52.5 Å². The Bertz CT molecular complexity index is 1270. The first-order valence-corrected chi connectivity index (χ1v) is 10.3. The Kier molecular flexibility index (Phi) is 5.37. The highest BCUT2D eigenvalue weighted by atomic mass is 32.2. The number of hydrogen-bond acceptors (Lipinski definition) is 6. The van der Waals surface area contributed by atoms with E-state index < -0.39 is 10.0 Å².